The Labute approximate surface area is 101 Å². The second-order valence-corrected chi connectivity index (χ2v) is 3.00. The molecule has 0 spiro atoms. The van der Waals surface area contributed by atoms with Crippen molar-refractivity contribution in [3.63, 3.8) is 0 Å². The highest BCUT2D eigenvalue weighted by atomic mass is 16.9. The first kappa shape index (κ1) is 15.1. The van der Waals surface area contributed by atoms with Crippen LogP contribution >= 0.6 is 0 Å². The number of nitro groups is 1. The molecular weight excluding hydrogens is 246 g/mol. The van der Waals surface area contributed by atoms with Crippen molar-refractivity contribution in [2.45, 2.75) is 6.92 Å². The Hall–Kier alpha value is -2.91. The van der Waals surface area contributed by atoms with Gasteiger partial charge in [0.1, 0.15) is 0 Å². The molecule has 1 aromatic carbocycles. The maximum Gasteiger partial charge on any atom is 0.291 e. The highest BCUT2D eigenvalue weighted by Gasteiger charge is 2.10. The minimum atomic E-state index is -1.50. The van der Waals surface area contributed by atoms with Crippen molar-refractivity contribution in [2.75, 3.05) is 0 Å². The number of nitrogens with two attached hydrogens (primary N) is 2. The van der Waals surface area contributed by atoms with Crippen LogP contribution in [0.15, 0.2) is 23.2 Å². The van der Waals surface area contributed by atoms with Gasteiger partial charge in [-0.25, -0.2) is 4.99 Å². The predicted molar refractivity (Wildman–Crippen MR) is 62.1 cm³/mol. The predicted octanol–water partition coefficient (Wildman–Crippen LogP) is 0.460. The molecule has 98 valence electrons. The van der Waals surface area contributed by atoms with E-state index in [-0.39, 0.29) is 11.6 Å². The smallest absolute Gasteiger partial charge is 0.291 e. The lowest BCUT2D eigenvalue weighted by atomic mass is 10.2. The van der Waals surface area contributed by atoms with Gasteiger partial charge in [-0.3, -0.25) is 10.1 Å². The van der Waals surface area contributed by atoms with Crippen LogP contribution in [0.3, 0.4) is 0 Å². The average Bonchev–Trinajstić information content (AvgIpc) is 2.19. The van der Waals surface area contributed by atoms with E-state index in [0.717, 1.165) is 0 Å². The van der Waals surface area contributed by atoms with E-state index in [1.165, 1.54) is 6.07 Å². The average molecular weight is 257 g/mol. The fraction of sp³-hybridized carbons (Fsp3) is 0.125. The van der Waals surface area contributed by atoms with Gasteiger partial charge in [-0.15, -0.1) is 10.1 Å². The van der Waals surface area contributed by atoms with Gasteiger partial charge in [0, 0.05) is 11.6 Å². The molecule has 0 aliphatic rings. The van der Waals surface area contributed by atoms with Crippen LogP contribution < -0.4 is 11.5 Å². The van der Waals surface area contributed by atoms with E-state index >= 15 is 0 Å². The van der Waals surface area contributed by atoms with Gasteiger partial charge in [0.05, 0.1) is 10.6 Å². The summed E-state index contributed by atoms with van der Waals surface area (Å²) in [6.07, 6.45) is 0. The molecule has 1 aromatic rings. The molecular formula is C8H11N5O5. The third-order valence-electron chi connectivity index (χ3n) is 1.65. The summed E-state index contributed by atoms with van der Waals surface area (Å²) in [5, 5.41) is 24.2. The van der Waals surface area contributed by atoms with E-state index in [0.29, 0.717) is 11.3 Å². The molecule has 0 fully saturated rings. The van der Waals surface area contributed by atoms with Crippen molar-refractivity contribution in [3.05, 3.63) is 44.0 Å². The second kappa shape index (κ2) is 6.62. The monoisotopic (exact) mass is 257 g/mol. The Morgan fingerprint density at radius 3 is 2.22 bits per heavy atom. The molecule has 0 radical (unpaired) electrons. The second-order valence-electron chi connectivity index (χ2n) is 3.00. The van der Waals surface area contributed by atoms with Crippen molar-refractivity contribution >= 4 is 17.3 Å². The van der Waals surface area contributed by atoms with E-state index < -0.39 is 10.0 Å². The molecule has 0 amide bonds. The highest BCUT2D eigenvalue weighted by Crippen LogP contribution is 2.23. The molecule has 0 saturated carbocycles. The molecule has 10 nitrogen and oxygen atoms in total. The van der Waals surface area contributed by atoms with Crippen LogP contribution in [0.5, 0.6) is 0 Å². The third-order valence-corrected chi connectivity index (χ3v) is 1.65. The first-order chi connectivity index (χ1) is 8.23. The Kier molecular flexibility index (Phi) is 5.55. The Morgan fingerprint density at radius 1 is 1.33 bits per heavy atom. The number of hydrogen-bond acceptors (Lipinski definition) is 5. The topological polar surface area (TPSA) is 171 Å². The number of benzene rings is 1. The molecule has 0 unspecified atom stereocenters. The number of aryl methyl sites for hydroxylation is 1. The molecule has 0 bridgehead atoms. The normalized spacial score (nSPS) is 8.72. The summed E-state index contributed by atoms with van der Waals surface area (Å²) in [6, 6.07) is 4.54. The minimum Gasteiger partial charge on any atom is -0.370 e. The molecule has 18 heavy (non-hydrogen) atoms. The van der Waals surface area contributed by atoms with E-state index in [1.807, 2.05) is 0 Å². The molecule has 10 heteroatoms. The van der Waals surface area contributed by atoms with Gasteiger partial charge >= 0.3 is 0 Å². The van der Waals surface area contributed by atoms with Gasteiger partial charge in [0.25, 0.3) is 10.8 Å². The Balaban J connectivity index is 0.000000631. The lowest BCUT2D eigenvalue weighted by Gasteiger charge is -1.98. The molecule has 1 rings (SSSR count). The first-order valence-electron chi connectivity index (χ1n) is 4.42. The number of guanidine groups is 1. The van der Waals surface area contributed by atoms with Gasteiger partial charge in [-0.05, 0) is 13.0 Å². The molecule has 0 saturated heterocycles. The van der Waals surface area contributed by atoms with Crippen molar-refractivity contribution in [1.29, 1.82) is 0 Å². The summed E-state index contributed by atoms with van der Waals surface area (Å²) < 4.78 is 0. The molecule has 0 heterocycles. The van der Waals surface area contributed by atoms with E-state index in [4.69, 9.17) is 26.8 Å². The number of nitro benzene ring substituents is 1. The summed E-state index contributed by atoms with van der Waals surface area (Å²) >= 11 is 0. The molecule has 0 aliphatic heterocycles. The first-order valence-corrected chi connectivity index (χ1v) is 4.42. The lowest BCUT2D eigenvalue weighted by molar-refractivity contribution is -0.742. The molecule has 0 aliphatic carbocycles. The highest BCUT2D eigenvalue weighted by molar-refractivity contribution is 5.79. The van der Waals surface area contributed by atoms with Crippen LogP contribution in [0, 0.1) is 27.2 Å². The van der Waals surface area contributed by atoms with E-state index in [1.54, 1.807) is 19.1 Å². The molecule has 0 atom stereocenters. The Morgan fingerprint density at radius 2 is 1.83 bits per heavy atom. The number of rotatable bonds is 2. The summed E-state index contributed by atoms with van der Waals surface area (Å²) in [7, 11) is 0. The number of nitrogens with zero attached hydrogens (tertiary/aromatic N) is 3. The van der Waals surface area contributed by atoms with E-state index in [9.17, 15) is 10.1 Å². The van der Waals surface area contributed by atoms with Crippen LogP contribution in [0.2, 0.25) is 0 Å². The zero-order chi connectivity index (χ0) is 14.3. The van der Waals surface area contributed by atoms with Crippen LogP contribution in [0.25, 0.3) is 0 Å². The third kappa shape index (κ3) is 5.85. The molecule has 0 aromatic heterocycles. The fourth-order valence-corrected chi connectivity index (χ4v) is 1.01. The minimum absolute atomic E-state index is 0.00694. The van der Waals surface area contributed by atoms with Gasteiger partial charge in [0.2, 0.25) is 0 Å². The standard InChI is InChI=1S/C8H10N4O2.HNO3/c1-5-2-3-6(11-8(9)10)4-7(5)12(13)14;2-1(3)4/h2-4H,1H3,(H4,9,10,11);(H,2,3,4). The number of hydrogen-bond donors (Lipinski definition) is 3. The zero-order valence-corrected chi connectivity index (χ0v) is 9.31. The van der Waals surface area contributed by atoms with Crippen LogP contribution in [-0.4, -0.2) is 21.2 Å². The summed E-state index contributed by atoms with van der Waals surface area (Å²) in [4.78, 5) is 22.2. The summed E-state index contributed by atoms with van der Waals surface area (Å²) in [5.41, 5.74) is 11.3. The molecule has 5 N–H and O–H groups in total. The van der Waals surface area contributed by atoms with Crippen LogP contribution in [-0.2, 0) is 0 Å². The number of aliphatic imine (C=N–C) groups is 1. The van der Waals surface area contributed by atoms with Crippen LogP contribution in [0.1, 0.15) is 5.56 Å². The van der Waals surface area contributed by atoms with Crippen molar-refractivity contribution in [1.82, 2.24) is 0 Å². The maximum absolute atomic E-state index is 10.6. The van der Waals surface area contributed by atoms with Crippen molar-refractivity contribution in [2.24, 2.45) is 16.5 Å². The largest absolute Gasteiger partial charge is 0.370 e. The fourth-order valence-electron chi connectivity index (χ4n) is 1.01. The Bertz CT molecular complexity index is 479. The zero-order valence-electron chi connectivity index (χ0n) is 9.31. The van der Waals surface area contributed by atoms with Gasteiger partial charge in [0.15, 0.2) is 5.96 Å². The SMILES string of the molecule is Cc1ccc(N=C(N)N)cc1[N+](=O)[O-].O=[N+]([O-])O. The van der Waals surface area contributed by atoms with Gasteiger partial charge in [-0.1, -0.05) is 6.07 Å². The van der Waals surface area contributed by atoms with Gasteiger partial charge < -0.3 is 16.7 Å². The van der Waals surface area contributed by atoms with Crippen LogP contribution in [0.4, 0.5) is 11.4 Å². The van der Waals surface area contributed by atoms with Crippen molar-refractivity contribution < 1.29 is 15.2 Å². The quantitative estimate of drug-likeness (QED) is 0.298. The van der Waals surface area contributed by atoms with Crippen molar-refractivity contribution in [3.8, 4) is 0 Å². The summed E-state index contributed by atoms with van der Waals surface area (Å²) in [6.45, 7) is 1.65. The summed E-state index contributed by atoms with van der Waals surface area (Å²) in [5.74, 6) is -0.122. The van der Waals surface area contributed by atoms with Gasteiger partial charge in [-0.2, -0.15) is 0 Å². The van der Waals surface area contributed by atoms with E-state index in [2.05, 4.69) is 4.99 Å². The lowest BCUT2D eigenvalue weighted by Crippen LogP contribution is -2.21. The maximum atomic E-state index is 10.6.